The fourth-order valence-electron chi connectivity index (χ4n) is 2.73. The summed E-state index contributed by atoms with van der Waals surface area (Å²) in [7, 11) is 0. The van der Waals surface area contributed by atoms with Crippen LogP contribution in [0.5, 0.6) is 11.5 Å². The number of rotatable bonds is 8. The van der Waals surface area contributed by atoms with E-state index in [4.69, 9.17) is 9.47 Å². The normalized spacial score (nSPS) is 11.0. The van der Waals surface area contributed by atoms with Gasteiger partial charge in [0.2, 0.25) is 0 Å². The summed E-state index contributed by atoms with van der Waals surface area (Å²) in [6.45, 7) is 4.69. The fraction of sp³-hybridized carbons (Fsp3) is 0.208. The Morgan fingerprint density at radius 2 is 1.68 bits per heavy atom. The van der Waals surface area contributed by atoms with E-state index in [1.807, 2.05) is 37.3 Å². The van der Waals surface area contributed by atoms with Crippen LogP contribution in [0.4, 0.5) is 10.1 Å². The second kappa shape index (κ2) is 9.70. The molecule has 0 aromatic heterocycles. The molecule has 3 aromatic carbocycles. The Labute approximate surface area is 165 Å². The zero-order valence-corrected chi connectivity index (χ0v) is 16.2. The third kappa shape index (κ3) is 5.19. The summed E-state index contributed by atoms with van der Waals surface area (Å²) in [6, 6.07) is 20.4. The molecule has 3 rings (SSSR count). The van der Waals surface area contributed by atoms with Gasteiger partial charge in [0.05, 0.1) is 12.3 Å². The van der Waals surface area contributed by atoms with Crippen molar-refractivity contribution in [3.05, 3.63) is 89.2 Å². The lowest BCUT2D eigenvalue weighted by molar-refractivity contribution is 0.266. The zero-order valence-electron chi connectivity index (χ0n) is 16.2. The minimum atomic E-state index is -0.279. The van der Waals surface area contributed by atoms with Gasteiger partial charge in [-0.15, -0.1) is 0 Å². The van der Waals surface area contributed by atoms with Crippen LogP contribution in [-0.4, -0.2) is 12.8 Å². The second-order valence-electron chi connectivity index (χ2n) is 6.30. The molecule has 0 atom stereocenters. The Morgan fingerprint density at radius 3 is 2.39 bits per heavy atom. The molecule has 4 heteroatoms. The molecule has 0 aliphatic heterocycles. The number of benzene rings is 3. The van der Waals surface area contributed by atoms with E-state index in [1.54, 1.807) is 24.4 Å². The van der Waals surface area contributed by atoms with Crippen molar-refractivity contribution < 1.29 is 13.9 Å². The van der Waals surface area contributed by atoms with Crippen molar-refractivity contribution in [2.75, 3.05) is 6.61 Å². The van der Waals surface area contributed by atoms with Crippen molar-refractivity contribution in [1.82, 2.24) is 0 Å². The summed E-state index contributed by atoms with van der Waals surface area (Å²) < 4.78 is 25.3. The van der Waals surface area contributed by atoms with Crippen LogP contribution in [0, 0.1) is 5.82 Å². The van der Waals surface area contributed by atoms with Crippen molar-refractivity contribution in [3.8, 4) is 11.5 Å². The highest BCUT2D eigenvalue weighted by Crippen LogP contribution is 2.29. The van der Waals surface area contributed by atoms with E-state index in [0.29, 0.717) is 23.7 Å². The van der Waals surface area contributed by atoms with E-state index in [2.05, 4.69) is 24.0 Å². The van der Waals surface area contributed by atoms with Crippen LogP contribution in [0.25, 0.3) is 0 Å². The minimum Gasteiger partial charge on any atom is -0.490 e. The van der Waals surface area contributed by atoms with Gasteiger partial charge in [0.15, 0.2) is 11.5 Å². The smallest absolute Gasteiger partial charge is 0.161 e. The van der Waals surface area contributed by atoms with Gasteiger partial charge in [-0.1, -0.05) is 37.3 Å². The highest BCUT2D eigenvalue weighted by molar-refractivity contribution is 5.83. The Bertz CT molecular complexity index is 936. The molecule has 0 N–H and O–H groups in total. The molecule has 0 saturated carbocycles. The number of ether oxygens (including phenoxy) is 2. The zero-order chi connectivity index (χ0) is 19.8. The first kappa shape index (κ1) is 19.6. The second-order valence-corrected chi connectivity index (χ2v) is 6.30. The lowest BCUT2D eigenvalue weighted by Gasteiger charge is -2.13. The molecule has 28 heavy (non-hydrogen) atoms. The SMILES string of the molecule is CCOc1cc(C=Nc2ccc(CC)cc2)ccc1OCc1ccccc1F. The summed E-state index contributed by atoms with van der Waals surface area (Å²) >= 11 is 0. The molecule has 0 aliphatic rings. The van der Waals surface area contributed by atoms with E-state index in [-0.39, 0.29) is 12.4 Å². The van der Waals surface area contributed by atoms with Crippen molar-refractivity contribution in [2.45, 2.75) is 26.9 Å². The first-order valence-electron chi connectivity index (χ1n) is 9.45. The maximum Gasteiger partial charge on any atom is 0.161 e. The largest absolute Gasteiger partial charge is 0.490 e. The van der Waals surface area contributed by atoms with Gasteiger partial charge >= 0.3 is 0 Å². The van der Waals surface area contributed by atoms with Crippen LogP contribution in [0.1, 0.15) is 30.5 Å². The van der Waals surface area contributed by atoms with E-state index in [0.717, 1.165) is 17.7 Å². The number of hydrogen-bond acceptors (Lipinski definition) is 3. The lowest BCUT2D eigenvalue weighted by Crippen LogP contribution is -2.01. The van der Waals surface area contributed by atoms with E-state index in [9.17, 15) is 4.39 Å². The summed E-state index contributed by atoms with van der Waals surface area (Å²) in [5, 5.41) is 0. The van der Waals surface area contributed by atoms with Gasteiger partial charge in [-0.05, 0) is 60.9 Å². The van der Waals surface area contributed by atoms with Gasteiger partial charge in [-0.3, -0.25) is 4.99 Å². The quantitative estimate of drug-likeness (QED) is 0.443. The van der Waals surface area contributed by atoms with Crippen molar-refractivity contribution >= 4 is 11.9 Å². The van der Waals surface area contributed by atoms with E-state index >= 15 is 0 Å². The Balaban J connectivity index is 1.74. The van der Waals surface area contributed by atoms with E-state index < -0.39 is 0 Å². The molecule has 0 fully saturated rings. The average Bonchev–Trinajstić information content (AvgIpc) is 2.73. The lowest BCUT2D eigenvalue weighted by atomic mass is 10.1. The molecule has 0 spiro atoms. The third-order valence-corrected chi connectivity index (χ3v) is 4.32. The van der Waals surface area contributed by atoms with Gasteiger partial charge in [0.25, 0.3) is 0 Å². The van der Waals surface area contributed by atoms with Crippen LogP contribution in [0.2, 0.25) is 0 Å². The Morgan fingerprint density at radius 1 is 0.893 bits per heavy atom. The molecule has 3 aromatic rings. The van der Waals surface area contributed by atoms with Crippen molar-refractivity contribution in [3.63, 3.8) is 0 Å². The molecule has 0 saturated heterocycles. The summed E-state index contributed by atoms with van der Waals surface area (Å²) in [6.07, 6.45) is 2.81. The first-order chi connectivity index (χ1) is 13.7. The number of halogens is 1. The molecular formula is C24H24FNO2. The van der Waals surface area contributed by atoms with Crippen molar-refractivity contribution in [1.29, 1.82) is 0 Å². The number of aliphatic imine (C=N–C) groups is 1. The number of aryl methyl sites for hydroxylation is 1. The predicted octanol–water partition coefficient (Wildman–Crippen LogP) is 6.12. The van der Waals surface area contributed by atoms with Gasteiger partial charge in [0.1, 0.15) is 12.4 Å². The van der Waals surface area contributed by atoms with Crippen LogP contribution in [0.3, 0.4) is 0 Å². The minimum absolute atomic E-state index is 0.143. The molecular weight excluding hydrogens is 353 g/mol. The number of nitrogens with zero attached hydrogens (tertiary/aromatic N) is 1. The Hall–Kier alpha value is -3.14. The molecule has 0 aliphatic carbocycles. The van der Waals surface area contributed by atoms with Crippen LogP contribution >= 0.6 is 0 Å². The average molecular weight is 377 g/mol. The molecule has 0 unspecified atom stereocenters. The maximum atomic E-state index is 13.8. The number of hydrogen-bond donors (Lipinski definition) is 0. The van der Waals surface area contributed by atoms with E-state index in [1.165, 1.54) is 11.6 Å². The topological polar surface area (TPSA) is 30.8 Å². The summed E-state index contributed by atoms with van der Waals surface area (Å²) in [5.41, 5.74) is 3.59. The highest BCUT2D eigenvalue weighted by atomic mass is 19.1. The molecule has 3 nitrogen and oxygen atoms in total. The van der Waals surface area contributed by atoms with Gasteiger partial charge < -0.3 is 9.47 Å². The monoisotopic (exact) mass is 377 g/mol. The molecule has 0 bridgehead atoms. The first-order valence-corrected chi connectivity index (χ1v) is 9.45. The molecule has 144 valence electrons. The van der Waals surface area contributed by atoms with Crippen LogP contribution < -0.4 is 9.47 Å². The third-order valence-electron chi connectivity index (χ3n) is 4.32. The van der Waals surface area contributed by atoms with Crippen LogP contribution in [-0.2, 0) is 13.0 Å². The Kier molecular flexibility index (Phi) is 6.79. The predicted molar refractivity (Wildman–Crippen MR) is 111 cm³/mol. The summed E-state index contributed by atoms with van der Waals surface area (Å²) in [5.74, 6) is 0.914. The molecule has 0 radical (unpaired) electrons. The standard InChI is InChI=1S/C24H24FNO2/c1-3-18-9-12-21(13-10-18)26-16-19-11-14-23(24(15-19)27-4-2)28-17-20-7-5-6-8-22(20)25/h5-16H,3-4,17H2,1-2H3. The maximum absolute atomic E-state index is 13.8. The van der Waals surface area contributed by atoms with Gasteiger partial charge in [-0.2, -0.15) is 0 Å². The summed E-state index contributed by atoms with van der Waals surface area (Å²) in [4.78, 5) is 4.52. The van der Waals surface area contributed by atoms with Gasteiger partial charge in [0, 0.05) is 11.8 Å². The molecule has 0 amide bonds. The van der Waals surface area contributed by atoms with Crippen molar-refractivity contribution in [2.24, 2.45) is 4.99 Å². The van der Waals surface area contributed by atoms with Crippen LogP contribution in [0.15, 0.2) is 71.7 Å². The molecule has 0 heterocycles. The van der Waals surface area contributed by atoms with Gasteiger partial charge in [-0.25, -0.2) is 4.39 Å². The highest BCUT2D eigenvalue weighted by Gasteiger charge is 2.08. The fourth-order valence-corrected chi connectivity index (χ4v) is 2.73.